The quantitative estimate of drug-likeness (QED) is 0.663. The Hall–Kier alpha value is -1.45. The molecule has 0 aliphatic carbocycles. The molecule has 0 aromatic carbocycles. The van der Waals surface area contributed by atoms with Crippen LogP contribution in [0.1, 0.15) is 19.0 Å². The molecule has 0 bridgehead atoms. The predicted molar refractivity (Wildman–Crippen MR) is 51.0 cm³/mol. The van der Waals surface area contributed by atoms with E-state index in [9.17, 15) is 4.79 Å². The van der Waals surface area contributed by atoms with Crippen LogP contribution in [0.2, 0.25) is 0 Å². The molecule has 0 saturated carbocycles. The van der Waals surface area contributed by atoms with Crippen molar-refractivity contribution >= 4 is 5.78 Å². The van der Waals surface area contributed by atoms with Gasteiger partial charge in [0.2, 0.25) is 12.2 Å². The highest BCUT2D eigenvalue weighted by molar-refractivity contribution is 5.76. The van der Waals surface area contributed by atoms with Crippen LogP contribution in [0, 0.1) is 6.92 Å². The smallest absolute Gasteiger partial charge is 0.282 e. The van der Waals surface area contributed by atoms with E-state index >= 15 is 0 Å². The summed E-state index contributed by atoms with van der Waals surface area (Å²) in [7, 11) is 1.57. The molecule has 0 spiro atoms. The summed E-state index contributed by atoms with van der Waals surface area (Å²) in [6, 6.07) is 0. The molecule has 0 aliphatic rings. The van der Waals surface area contributed by atoms with Crippen molar-refractivity contribution in [3.8, 4) is 5.88 Å². The normalized spacial score (nSPS) is 9.93. The Labute approximate surface area is 83.5 Å². The summed E-state index contributed by atoms with van der Waals surface area (Å²) in [4.78, 5) is 15.3. The van der Waals surface area contributed by atoms with Gasteiger partial charge in [-0.3, -0.25) is 4.79 Å². The lowest BCUT2D eigenvalue weighted by atomic mass is 10.3. The molecule has 1 rings (SSSR count). The maximum atomic E-state index is 11.3. The van der Waals surface area contributed by atoms with Crippen LogP contribution < -0.4 is 9.30 Å². The Morgan fingerprint density at radius 2 is 2.36 bits per heavy atom. The zero-order valence-electron chi connectivity index (χ0n) is 8.78. The van der Waals surface area contributed by atoms with E-state index in [0.717, 1.165) is 5.69 Å². The van der Waals surface area contributed by atoms with Crippen molar-refractivity contribution < 1.29 is 14.1 Å². The van der Waals surface area contributed by atoms with Gasteiger partial charge in [0.25, 0.3) is 5.88 Å². The molecule has 76 valence electrons. The summed E-state index contributed by atoms with van der Waals surface area (Å²) in [5.41, 5.74) is 0.872. The molecule has 4 heteroatoms. The van der Waals surface area contributed by atoms with E-state index in [0.29, 0.717) is 18.8 Å². The second-order valence-corrected chi connectivity index (χ2v) is 3.04. The Balaban J connectivity index is 2.92. The minimum atomic E-state index is 0.200. The first-order valence-electron chi connectivity index (χ1n) is 4.59. The van der Waals surface area contributed by atoms with Crippen LogP contribution in [0.5, 0.6) is 5.88 Å². The van der Waals surface area contributed by atoms with E-state index in [2.05, 4.69) is 4.98 Å². The van der Waals surface area contributed by atoms with Crippen molar-refractivity contribution in [3.63, 3.8) is 0 Å². The van der Waals surface area contributed by atoms with Crippen LogP contribution in [-0.2, 0) is 11.3 Å². The van der Waals surface area contributed by atoms with E-state index < -0.39 is 0 Å². The lowest BCUT2D eigenvalue weighted by Gasteiger charge is -2.02. The molecule has 0 aliphatic heterocycles. The van der Waals surface area contributed by atoms with Gasteiger partial charge in [-0.2, -0.15) is 4.57 Å². The number of Topliss-reactive ketones (excluding diaryl/α,β-unsaturated/α-hetero) is 1. The molecule has 4 nitrogen and oxygen atoms in total. The molecule has 0 amide bonds. The molecule has 0 unspecified atom stereocenters. The number of hydrogen-bond donors (Lipinski definition) is 0. The molecule has 1 heterocycles. The lowest BCUT2D eigenvalue weighted by Crippen LogP contribution is -2.40. The van der Waals surface area contributed by atoms with Crippen LogP contribution >= 0.6 is 0 Å². The van der Waals surface area contributed by atoms with Gasteiger partial charge >= 0.3 is 0 Å². The number of nitrogens with zero attached hydrogens (tertiary/aromatic N) is 2. The topological polar surface area (TPSA) is 43.1 Å². The summed E-state index contributed by atoms with van der Waals surface area (Å²) in [6.07, 6.45) is 3.97. The van der Waals surface area contributed by atoms with Crippen LogP contribution in [0.15, 0.2) is 12.4 Å². The molecular formula is C10H15N2O2+. The minimum Gasteiger partial charge on any atom is -0.477 e. The second-order valence-electron chi connectivity index (χ2n) is 3.04. The first kappa shape index (κ1) is 10.6. The number of aromatic nitrogens is 2. The van der Waals surface area contributed by atoms with Gasteiger partial charge < -0.3 is 4.74 Å². The van der Waals surface area contributed by atoms with Crippen molar-refractivity contribution in [2.75, 3.05) is 7.11 Å². The van der Waals surface area contributed by atoms with Crippen LogP contribution in [0.3, 0.4) is 0 Å². The number of carbonyl (C=O) groups excluding carboxylic acids is 1. The van der Waals surface area contributed by atoms with E-state index in [4.69, 9.17) is 4.74 Å². The molecule has 14 heavy (non-hydrogen) atoms. The Morgan fingerprint density at radius 1 is 1.64 bits per heavy atom. The van der Waals surface area contributed by atoms with E-state index in [-0.39, 0.29) is 5.78 Å². The second kappa shape index (κ2) is 4.69. The number of methoxy groups -OCH3 is 1. The van der Waals surface area contributed by atoms with Crippen LogP contribution in [0.25, 0.3) is 0 Å². The maximum absolute atomic E-state index is 11.3. The average Bonchev–Trinajstić information content (AvgIpc) is 2.21. The number of ether oxygens (including phenoxy) is 1. The standard InChI is InChI=1S/C10H15N2O2/c1-4-9(13)7-12-6-5-11-10(14-3)8(12)2/h5-6H,4,7H2,1-3H3/q+1. The van der Waals surface area contributed by atoms with E-state index in [1.807, 2.05) is 18.4 Å². The van der Waals surface area contributed by atoms with E-state index in [1.165, 1.54) is 0 Å². The Kier molecular flexibility index (Phi) is 3.56. The van der Waals surface area contributed by atoms with Gasteiger partial charge in [0.15, 0.2) is 12.0 Å². The van der Waals surface area contributed by atoms with Crippen molar-refractivity contribution in [3.05, 3.63) is 18.1 Å². The van der Waals surface area contributed by atoms with Crippen LogP contribution in [0.4, 0.5) is 0 Å². The molecule has 0 N–H and O–H groups in total. The van der Waals surface area contributed by atoms with Crippen molar-refractivity contribution in [1.82, 2.24) is 4.98 Å². The molecular weight excluding hydrogens is 180 g/mol. The van der Waals surface area contributed by atoms with Gasteiger partial charge in [-0.15, -0.1) is 0 Å². The SMILES string of the molecule is CCC(=O)C[n+]1ccnc(OC)c1C. The Bertz CT molecular complexity index is 337. The number of ketones is 1. The predicted octanol–water partition coefficient (Wildman–Crippen LogP) is 0.665. The number of carbonyl (C=O) groups is 1. The highest BCUT2D eigenvalue weighted by Crippen LogP contribution is 2.06. The maximum Gasteiger partial charge on any atom is 0.282 e. The highest BCUT2D eigenvalue weighted by Gasteiger charge is 2.15. The number of rotatable bonds is 4. The number of hydrogen-bond acceptors (Lipinski definition) is 3. The minimum absolute atomic E-state index is 0.200. The third-order valence-corrected chi connectivity index (χ3v) is 2.11. The molecule has 0 saturated heterocycles. The monoisotopic (exact) mass is 195 g/mol. The van der Waals surface area contributed by atoms with Crippen LogP contribution in [-0.4, -0.2) is 17.9 Å². The highest BCUT2D eigenvalue weighted by atomic mass is 16.5. The first-order valence-corrected chi connectivity index (χ1v) is 4.59. The summed E-state index contributed by atoms with van der Waals surface area (Å²) in [5, 5.41) is 0. The van der Waals surface area contributed by atoms with Gasteiger partial charge in [0.05, 0.1) is 13.3 Å². The molecule has 1 aromatic rings. The average molecular weight is 195 g/mol. The largest absolute Gasteiger partial charge is 0.477 e. The van der Waals surface area contributed by atoms with Crippen molar-refractivity contribution in [2.45, 2.75) is 26.8 Å². The molecule has 0 fully saturated rings. The molecule has 0 atom stereocenters. The summed E-state index contributed by atoms with van der Waals surface area (Å²) < 4.78 is 6.90. The zero-order chi connectivity index (χ0) is 10.6. The van der Waals surface area contributed by atoms with Gasteiger partial charge in [0.1, 0.15) is 0 Å². The van der Waals surface area contributed by atoms with Crippen molar-refractivity contribution in [1.29, 1.82) is 0 Å². The molecule has 0 radical (unpaired) electrons. The Morgan fingerprint density at radius 3 is 2.93 bits per heavy atom. The third kappa shape index (κ3) is 2.28. The van der Waals surface area contributed by atoms with Gasteiger partial charge in [-0.1, -0.05) is 6.92 Å². The zero-order valence-corrected chi connectivity index (χ0v) is 8.78. The summed E-state index contributed by atoms with van der Waals surface area (Å²) in [5.74, 6) is 0.766. The van der Waals surface area contributed by atoms with Crippen molar-refractivity contribution in [2.24, 2.45) is 0 Å². The fourth-order valence-electron chi connectivity index (χ4n) is 1.18. The lowest BCUT2D eigenvalue weighted by molar-refractivity contribution is -0.691. The first-order chi connectivity index (χ1) is 6.69. The third-order valence-electron chi connectivity index (χ3n) is 2.11. The van der Waals surface area contributed by atoms with Gasteiger partial charge in [-0.05, 0) is 0 Å². The fourth-order valence-corrected chi connectivity index (χ4v) is 1.18. The summed E-state index contributed by atoms with van der Waals surface area (Å²) >= 11 is 0. The molecule has 1 aromatic heterocycles. The van der Waals surface area contributed by atoms with Gasteiger partial charge in [-0.25, -0.2) is 4.98 Å². The summed E-state index contributed by atoms with van der Waals surface area (Å²) in [6.45, 7) is 4.13. The van der Waals surface area contributed by atoms with E-state index in [1.54, 1.807) is 19.5 Å². The van der Waals surface area contributed by atoms with Gasteiger partial charge in [0, 0.05) is 13.3 Å². The fraction of sp³-hybridized carbons (Fsp3) is 0.500.